The molecule has 0 atom stereocenters. The maximum absolute atomic E-state index is 12.5. The van der Waals surface area contributed by atoms with Crippen molar-refractivity contribution in [3.63, 3.8) is 0 Å². The number of hydrogen-bond acceptors (Lipinski definition) is 7. The van der Waals surface area contributed by atoms with E-state index in [9.17, 15) is 4.79 Å². The lowest BCUT2D eigenvalue weighted by Crippen LogP contribution is -2.15. The van der Waals surface area contributed by atoms with Crippen molar-refractivity contribution in [3.8, 4) is 28.6 Å². The second kappa shape index (κ2) is 10.0. The second-order valence-electron chi connectivity index (χ2n) is 6.19. The molecule has 0 saturated carbocycles. The van der Waals surface area contributed by atoms with Gasteiger partial charge in [0, 0.05) is 18.2 Å². The van der Waals surface area contributed by atoms with Gasteiger partial charge in [0.05, 0.1) is 32.8 Å². The van der Waals surface area contributed by atoms with Crippen LogP contribution < -0.4 is 19.5 Å². The van der Waals surface area contributed by atoms with Gasteiger partial charge in [-0.15, -0.1) is 10.2 Å². The van der Waals surface area contributed by atoms with Crippen molar-refractivity contribution < 1.29 is 19.0 Å². The average Bonchev–Trinajstić information content (AvgIpc) is 3.20. The Morgan fingerprint density at radius 3 is 2.50 bits per heavy atom. The number of nitrogens with one attached hydrogen (secondary N) is 1. The normalized spacial score (nSPS) is 10.5. The smallest absolute Gasteiger partial charge is 0.234 e. The molecule has 0 radical (unpaired) electrons. The molecule has 0 fully saturated rings. The predicted octanol–water partition coefficient (Wildman–Crippen LogP) is 3.72. The van der Waals surface area contributed by atoms with Crippen LogP contribution >= 0.6 is 11.8 Å². The minimum absolute atomic E-state index is 0.177. The van der Waals surface area contributed by atoms with Crippen LogP contribution in [0.2, 0.25) is 0 Å². The van der Waals surface area contributed by atoms with Crippen molar-refractivity contribution in [3.05, 3.63) is 42.5 Å². The highest BCUT2D eigenvalue weighted by molar-refractivity contribution is 7.99. The van der Waals surface area contributed by atoms with Crippen LogP contribution in [0.25, 0.3) is 11.4 Å². The van der Waals surface area contributed by atoms with Crippen molar-refractivity contribution >= 4 is 23.4 Å². The molecule has 0 spiro atoms. The highest BCUT2D eigenvalue weighted by Crippen LogP contribution is 2.30. The molecule has 3 aromatic rings. The molecule has 158 valence electrons. The SMILES string of the molecule is CCn1c(SCC(=O)Nc2cc(OC)ccc2OC)nnc1-c1cccc(OC)c1. The summed E-state index contributed by atoms with van der Waals surface area (Å²) in [4.78, 5) is 12.5. The fraction of sp³-hybridized carbons (Fsp3) is 0.286. The van der Waals surface area contributed by atoms with Gasteiger partial charge in [0.25, 0.3) is 0 Å². The van der Waals surface area contributed by atoms with E-state index in [4.69, 9.17) is 14.2 Å². The molecule has 0 bridgehead atoms. The van der Waals surface area contributed by atoms with Crippen LogP contribution in [0, 0.1) is 0 Å². The molecule has 0 aliphatic heterocycles. The second-order valence-corrected chi connectivity index (χ2v) is 7.13. The molecule has 0 unspecified atom stereocenters. The zero-order valence-corrected chi connectivity index (χ0v) is 18.2. The quantitative estimate of drug-likeness (QED) is 0.520. The number of aromatic nitrogens is 3. The summed E-state index contributed by atoms with van der Waals surface area (Å²) < 4.78 is 17.8. The average molecular weight is 429 g/mol. The first-order chi connectivity index (χ1) is 14.6. The predicted molar refractivity (Wildman–Crippen MR) is 117 cm³/mol. The first-order valence-electron chi connectivity index (χ1n) is 9.31. The minimum atomic E-state index is -0.180. The van der Waals surface area contributed by atoms with E-state index in [0.29, 0.717) is 28.9 Å². The Hall–Kier alpha value is -3.20. The molecule has 3 rings (SSSR count). The number of hydrogen-bond donors (Lipinski definition) is 1. The number of nitrogens with zero attached hydrogens (tertiary/aromatic N) is 3. The zero-order chi connectivity index (χ0) is 21.5. The Labute approximate surface area is 179 Å². The van der Waals surface area contributed by atoms with Crippen molar-refractivity contribution in [2.24, 2.45) is 0 Å². The summed E-state index contributed by atoms with van der Waals surface area (Å²) in [5.74, 6) is 2.67. The molecule has 9 heteroatoms. The number of ether oxygens (including phenoxy) is 3. The third-order valence-corrected chi connectivity index (χ3v) is 5.34. The van der Waals surface area contributed by atoms with E-state index in [2.05, 4.69) is 15.5 Å². The Bertz CT molecular complexity index is 1020. The molecule has 30 heavy (non-hydrogen) atoms. The number of carbonyl (C=O) groups is 1. The van der Waals surface area contributed by atoms with Gasteiger partial charge in [-0.1, -0.05) is 23.9 Å². The molecule has 2 aromatic carbocycles. The van der Waals surface area contributed by atoms with Crippen molar-refractivity contribution in [2.45, 2.75) is 18.6 Å². The summed E-state index contributed by atoms with van der Waals surface area (Å²) >= 11 is 1.32. The Kier molecular flexibility index (Phi) is 7.18. The van der Waals surface area contributed by atoms with Gasteiger partial charge in [-0.2, -0.15) is 0 Å². The lowest BCUT2D eigenvalue weighted by Gasteiger charge is -2.12. The summed E-state index contributed by atoms with van der Waals surface area (Å²) in [7, 11) is 4.75. The first-order valence-corrected chi connectivity index (χ1v) is 10.3. The van der Waals surface area contributed by atoms with Crippen LogP contribution in [0.4, 0.5) is 5.69 Å². The number of thioether (sulfide) groups is 1. The molecular formula is C21H24N4O4S. The topological polar surface area (TPSA) is 87.5 Å². The lowest BCUT2D eigenvalue weighted by atomic mass is 10.2. The Balaban J connectivity index is 1.72. The van der Waals surface area contributed by atoms with Gasteiger partial charge in [-0.25, -0.2) is 0 Å². The molecule has 0 aliphatic carbocycles. The molecule has 1 amide bonds. The molecule has 1 N–H and O–H groups in total. The van der Waals surface area contributed by atoms with Gasteiger partial charge in [-0.05, 0) is 31.2 Å². The molecule has 8 nitrogen and oxygen atoms in total. The first kappa shape index (κ1) is 21.5. The highest BCUT2D eigenvalue weighted by Gasteiger charge is 2.16. The summed E-state index contributed by atoms with van der Waals surface area (Å²) in [6.45, 7) is 2.69. The largest absolute Gasteiger partial charge is 0.497 e. The number of benzene rings is 2. The number of anilines is 1. The molecular weight excluding hydrogens is 404 g/mol. The van der Waals surface area contributed by atoms with Gasteiger partial charge >= 0.3 is 0 Å². The monoisotopic (exact) mass is 428 g/mol. The van der Waals surface area contributed by atoms with Crippen LogP contribution in [0.15, 0.2) is 47.6 Å². The maximum atomic E-state index is 12.5. The standard InChI is InChI=1S/C21H24N4O4S/c1-5-25-20(14-7-6-8-15(11-14)27-2)23-24-21(25)30-13-19(26)22-17-12-16(28-3)9-10-18(17)29-4/h6-12H,5,13H2,1-4H3,(H,22,26). The number of amides is 1. The third kappa shape index (κ3) is 4.85. The van der Waals surface area contributed by atoms with Gasteiger partial charge < -0.3 is 24.1 Å². The van der Waals surface area contributed by atoms with E-state index in [1.165, 1.54) is 11.8 Å². The van der Waals surface area contributed by atoms with Crippen LogP contribution in [0.5, 0.6) is 17.2 Å². The Morgan fingerprint density at radius 2 is 1.80 bits per heavy atom. The van der Waals surface area contributed by atoms with Gasteiger partial charge in [0.1, 0.15) is 17.2 Å². The van der Waals surface area contributed by atoms with E-state index < -0.39 is 0 Å². The number of methoxy groups -OCH3 is 3. The lowest BCUT2D eigenvalue weighted by molar-refractivity contribution is -0.113. The molecule has 0 saturated heterocycles. The van der Waals surface area contributed by atoms with Crippen molar-refractivity contribution in [2.75, 3.05) is 32.4 Å². The summed E-state index contributed by atoms with van der Waals surface area (Å²) in [5, 5.41) is 12.1. The molecule has 0 aliphatic rings. The van der Waals surface area contributed by atoms with E-state index in [0.717, 1.165) is 17.1 Å². The maximum Gasteiger partial charge on any atom is 0.234 e. The van der Waals surface area contributed by atoms with Crippen LogP contribution in [-0.2, 0) is 11.3 Å². The highest BCUT2D eigenvalue weighted by atomic mass is 32.2. The third-order valence-electron chi connectivity index (χ3n) is 4.37. The van der Waals surface area contributed by atoms with Crippen molar-refractivity contribution in [1.29, 1.82) is 0 Å². The van der Waals surface area contributed by atoms with Gasteiger partial charge in [0.2, 0.25) is 5.91 Å². The molecule has 1 aromatic heterocycles. The fourth-order valence-electron chi connectivity index (χ4n) is 2.88. The van der Waals surface area contributed by atoms with E-state index >= 15 is 0 Å². The molecule has 1 heterocycles. The number of carbonyl (C=O) groups excluding carboxylic acids is 1. The summed E-state index contributed by atoms with van der Waals surface area (Å²) in [6.07, 6.45) is 0. The Morgan fingerprint density at radius 1 is 1.03 bits per heavy atom. The minimum Gasteiger partial charge on any atom is -0.497 e. The summed E-state index contributed by atoms with van der Waals surface area (Å²) in [5.41, 5.74) is 1.46. The van der Waals surface area contributed by atoms with E-state index in [-0.39, 0.29) is 11.7 Å². The number of rotatable bonds is 9. The van der Waals surface area contributed by atoms with Gasteiger partial charge in [0.15, 0.2) is 11.0 Å². The van der Waals surface area contributed by atoms with Crippen LogP contribution in [0.1, 0.15) is 6.92 Å². The van der Waals surface area contributed by atoms with Crippen LogP contribution in [-0.4, -0.2) is 47.8 Å². The van der Waals surface area contributed by atoms with Crippen LogP contribution in [0.3, 0.4) is 0 Å². The van der Waals surface area contributed by atoms with Gasteiger partial charge in [-0.3, -0.25) is 4.79 Å². The summed E-state index contributed by atoms with van der Waals surface area (Å²) in [6, 6.07) is 12.9. The zero-order valence-electron chi connectivity index (χ0n) is 17.3. The van der Waals surface area contributed by atoms with E-state index in [1.807, 2.05) is 35.8 Å². The van der Waals surface area contributed by atoms with Crippen molar-refractivity contribution in [1.82, 2.24) is 14.8 Å². The fourth-order valence-corrected chi connectivity index (χ4v) is 3.69. The van der Waals surface area contributed by atoms with E-state index in [1.54, 1.807) is 39.5 Å².